The highest BCUT2D eigenvalue weighted by Gasteiger charge is 2.30. The van der Waals surface area contributed by atoms with Crippen LogP contribution < -0.4 is 5.73 Å². The van der Waals surface area contributed by atoms with E-state index in [0.717, 1.165) is 6.42 Å². The first-order chi connectivity index (χ1) is 8.09. The third-order valence-corrected chi connectivity index (χ3v) is 4.01. The predicted octanol–water partition coefficient (Wildman–Crippen LogP) is 1.24. The fraction of sp³-hybridized carbons (Fsp3) is 0.556. The van der Waals surface area contributed by atoms with E-state index >= 15 is 0 Å². The van der Waals surface area contributed by atoms with Gasteiger partial charge in [-0.1, -0.05) is 11.8 Å². The van der Waals surface area contributed by atoms with Crippen molar-refractivity contribution in [1.82, 2.24) is 9.97 Å². The standard InChI is InChI=1S/C9H12N4O3S/c1-5-6(2-3-16-5)17-9-7(13(14)15)8(10)11-4-12-9/h4-6H,2-3H2,1H3,(H2,10,11,12). The highest BCUT2D eigenvalue weighted by Crippen LogP contribution is 2.37. The molecule has 1 aromatic rings. The Morgan fingerprint density at radius 3 is 3.00 bits per heavy atom. The van der Waals surface area contributed by atoms with Crippen LogP contribution >= 0.6 is 11.8 Å². The molecule has 0 bridgehead atoms. The molecular weight excluding hydrogens is 244 g/mol. The Balaban J connectivity index is 2.26. The average molecular weight is 256 g/mol. The molecule has 0 aliphatic carbocycles. The minimum absolute atomic E-state index is 0.0655. The Morgan fingerprint density at radius 1 is 1.65 bits per heavy atom. The van der Waals surface area contributed by atoms with Gasteiger partial charge in [0.25, 0.3) is 0 Å². The monoisotopic (exact) mass is 256 g/mol. The molecule has 7 nitrogen and oxygen atoms in total. The first-order valence-corrected chi connectivity index (χ1v) is 6.00. The number of hydrogen-bond acceptors (Lipinski definition) is 7. The number of anilines is 1. The molecule has 92 valence electrons. The van der Waals surface area contributed by atoms with E-state index in [1.165, 1.54) is 18.1 Å². The minimum Gasteiger partial charge on any atom is -0.378 e. The molecule has 0 aromatic carbocycles. The van der Waals surface area contributed by atoms with Gasteiger partial charge in [-0.05, 0) is 13.3 Å². The zero-order valence-electron chi connectivity index (χ0n) is 9.20. The van der Waals surface area contributed by atoms with Crippen LogP contribution in [0.2, 0.25) is 0 Å². The second kappa shape index (κ2) is 4.84. The molecule has 2 rings (SSSR count). The molecule has 1 aliphatic rings. The zero-order valence-corrected chi connectivity index (χ0v) is 10.0. The molecule has 1 aromatic heterocycles. The molecule has 1 aliphatic heterocycles. The molecule has 2 N–H and O–H groups in total. The Labute approximate surface area is 102 Å². The van der Waals surface area contributed by atoms with Crippen molar-refractivity contribution in [2.45, 2.75) is 29.7 Å². The molecule has 8 heteroatoms. The van der Waals surface area contributed by atoms with Gasteiger partial charge in [0.1, 0.15) is 6.33 Å². The summed E-state index contributed by atoms with van der Waals surface area (Å²) >= 11 is 1.33. The van der Waals surface area contributed by atoms with Crippen molar-refractivity contribution < 1.29 is 9.66 Å². The number of rotatable bonds is 3. The van der Waals surface area contributed by atoms with E-state index in [-0.39, 0.29) is 22.9 Å². The topological polar surface area (TPSA) is 104 Å². The van der Waals surface area contributed by atoms with Gasteiger partial charge < -0.3 is 10.5 Å². The molecule has 0 saturated carbocycles. The second-order valence-electron chi connectivity index (χ2n) is 3.69. The fourth-order valence-corrected chi connectivity index (χ4v) is 2.81. The molecule has 2 heterocycles. The predicted molar refractivity (Wildman–Crippen MR) is 62.8 cm³/mol. The quantitative estimate of drug-likeness (QED) is 0.492. The van der Waals surface area contributed by atoms with Crippen molar-refractivity contribution in [3.8, 4) is 0 Å². The third-order valence-electron chi connectivity index (χ3n) is 2.57. The first kappa shape index (κ1) is 12.1. The van der Waals surface area contributed by atoms with Gasteiger partial charge in [-0.3, -0.25) is 10.1 Å². The fourth-order valence-electron chi connectivity index (χ4n) is 1.64. The Bertz CT molecular complexity index is 442. The number of nitrogen functional groups attached to an aromatic ring is 1. The van der Waals surface area contributed by atoms with Gasteiger partial charge in [0.15, 0.2) is 5.03 Å². The van der Waals surface area contributed by atoms with Gasteiger partial charge in [0.2, 0.25) is 5.82 Å². The van der Waals surface area contributed by atoms with Gasteiger partial charge in [-0.2, -0.15) is 0 Å². The molecular formula is C9H12N4O3S. The van der Waals surface area contributed by atoms with Gasteiger partial charge >= 0.3 is 5.69 Å². The molecule has 2 unspecified atom stereocenters. The van der Waals surface area contributed by atoms with E-state index in [1.807, 2.05) is 6.92 Å². The van der Waals surface area contributed by atoms with Crippen molar-refractivity contribution in [2.75, 3.05) is 12.3 Å². The molecule has 0 radical (unpaired) electrons. The number of hydrogen-bond donors (Lipinski definition) is 1. The van der Waals surface area contributed by atoms with Gasteiger partial charge in [0, 0.05) is 11.9 Å². The van der Waals surface area contributed by atoms with Gasteiger partial charge in [-0.15, -0.1) is 0 Å². The number of ether oxygens (including phenoxy) is 1. The lowest BCUT2D eigenvalue weighted by Gasteiger charge is -2.12. The first-order valence-electron chi connectivity index (χ1n) is 5.12. The number of thioether (sulfide) groups is 1. The van der Waals surface area contributed by atoms with E-state index in [1.54, 1.807) is 0 Å². The van der Waals surface area contributed by atoms with Crippen LogP contribution in [-0.2, 0) is 4.74 Å². The Kier molecular flexibility index (Phi) is 3.43. The van der Waals surface area contributed by atoms with Crippen molar-refractivity contribution in [2.24, 2.45) is 0 Å². The summed E-state index contributed by atoms with van der Waals surface area (Å²) in [5.74, 6) is -0.0981. The van der Waals surface area contributed by atoms with Crippen LogP contribution in [0.4, 0.5) is 11.5 Å². The number of nitrogens with zero attached hydrogens (tertiary/aromatic N) is 3. The van der Waals surface area contributed by atoms with E-state index in [9.17, 15) is 10.1 Å². The smallest absolute Gasteiger partial charge is 0.343 e. The lowest BCUT2D eigenvalue weighted by atomic mass is 10.3. The van der Waals surface area contributed by atoms with Crippen molar-refractivity contribution in [1.29, 1.82) is 0 Å². The number of nitro groups is 1. The molecule has 2 atom stereocenters. The van der Waals surface area contributed by atoms with E-state index < -0.39 is 4.92 Å². The molecule has 1 fully saturated rings. The summed E-state index contributed by atoms with van der Waals surface area (Å²) < 4.78 is 5.40. The van der Waals surface area contributed by atoms with Gasteiger partial charge in [-0.25, -0.2) is 9.97 Å². The van der Waals surface area contributed by atoms with E-state index in [4.69, 9.17) is 10.5 Å². The summed E-state index contributed by atoms with van der Waals surface area (Å²) in [5, 5.41) is 11.4. The molecule has 0 spiro atoms. The summed E-state index contributed by atoms with van der Waals surface area (Å²) in [6.07, 6.45) is 2.16. The summed E-state index contributed by atoms with van der Waals surface area (Å²) in [4.78, 5) is 17.9. The molecule has 17 heavy (non-hydrogen) atoms. The largest absolute Gasteiger partial charge is 0.378 e. The zero-order chi connectivity index (χ0) is 12.4. The Hall–Kier alpha value is -1.41. The minimum atomic E-state index is -0.544. The summed E-state index contributed by atoms with van der Waals surface area (Å²) in [7, 11) is 0. The van der Waals surface area contributed by atoms with Crippen LogP contribution in [0, 0.1) is 10.1 Å². The van der Waals surface area contributed by atoms with Crippen LogP contribution in [0.25, 0.3) is 0 Å². The summed E-state index contributed by atoms with van der Waals surface area (Å²) in [6, 6.07) is 0. The van der Waals surface area contributed by atoms with E-state index in [2.05, 4.69) is 9.97 Å². The normalized spacial score (nSPS) is 23.8. The lowest BCUT2D eigenvalue weighted by molar-refractivity contribution is -0.387. The number of nitrogens with two attached hydrogens (primary N) is 1. The van der Waals surface area contributed by atoms with Crippen LogP contribution in [0.15, 0.2) is 11.4 Å². The van der Waals surface area contributed by atoms with Crippen molar-refractivity contribution >= 4 is 23.3 Å². The van der Waals surface area contributed by atoms with Crippen molar-refractivity contribution in [3.05, 3.63) is 16.4 Å². The summed E-state index contributed by atoms with van der Waals surface area (Å²) in [5.41, 5.74) is 5.28. The summed E-state index contributed by atoms with van der Waals surface area (Å²) in [6.45, 7) is 2.62. The Morgan fingerprint density at radius 2 is 2.41 bits per heavy atom. The third kappa shape index (κ3) is 2.47. The van der Waals surface area contributed by atoms with Crippen LogP contribution in [-0.4, -0.2) is 32.9 Å². The van der Waals surface area contributed by atoms with Crippen LogP contribution in [0.5, 0.6) is 0 Å². The van der Waals surface area contributed by atoms with Crippen molar-refractivity contribution in [3.63, 3.8) is 0 Å². The maximum absolute atomic E-state index is 10.9. The maximum atomic E-state index is 10.9. The maximum Gasteiger partial charge on any atom is 0.343 e. The van der Waals surface area contributed by atoms with Crippen LogP contribution in [0.1, 0.15) is 13.3 Å². The van der Waals surface area contributed by atoms with Gasteiger partial charge in [0.05, 0.1) is 11.0 Å². The van der Waals surface area contributed by atoms with E-state index in [0.29, 0.717) is 11.6 Å². The second-order valence-corrected chi connectivity index (χ2v) is 4.92. The highest BCUT2D eigenvalue weighted by molar-refractivity contribution is 8.00. The molecule has 0 amide bonds. The SMILES string of the molecule is CC1OCCC1Sc1ncnc(N)c1[N+](=O)[O-]. The lowest BCUT2D eigenvalue weighted by Crippen LogP contribution is -2.14. The molecule has 1 saturated heterocycles. The number of aromatic nitrogens is 2. The average Bonchev–Trinajstić information content (AvgIpc) is 2.64. The van der Waals surface area contributed by atoms with Crippen LogP contribution in [0.3, 0.4) is 0 Å². The highest BCUT2D eigenvalue weighted by atomic mass is 32.2.